The van der Waals surface area contributed by atoms with Crippen LogP contribution < -0.4 is 5.32 Å². The SMILES string of the molecule is CC[C@@H](C)NC(=O)[C@@H](CC)N(Cc1c(Cl)cccc1Cl)C(=O)CN1C(=O)c2ccccc2S1(=O)=O. The number of halogens is 2. The molecule has 0 unspecified atom stereocenters. The van der Waals surface area contributed by atoms with E-state index in [-0.39, 0.29) is 29.5 Å². The van der Waals surface area contributed by atoms with E-state index in [1.165, 1.54) is 23.1 Å². The third-order valence-electron chi connectivity index (χ3n) is 5.97. The minimum atomic E-state index is -4.21. The summed E-state index contributed by atoms with van der Waals surface area (Å²) in [7, 11) is -4.21. The van der Waals surface area contributed by atoms with Crippen LogP contribution in [-0.4, -0.2) is 54.0 Å². The normalized spacial score (nSPS) is 15.9. The summed E-state index contributed by atoms with van der Waals surface area (Å²) in [5.41, 5.74) is 0.417. The van der Waals surface area contributed by atoms with Crippen LogP contribution in [0.3, 0.4) is 0 Å². The highest BCUT2D eigenvalue weighted by Gasteiger charge is 2.43. The van der Waals surface area contributed by atoms with Gasteiger partial charge in [-0.1, -0.05) is 55.2 Å². The molecule has 2 aromatic carbocycles. The molecule has 0 aromatic heterocycles. The fourth-order valence-corrected chi connectivity index (χ4v) is 5.85. The van der Waals surface area contributed by atoms with Crippen molar-refractivity contribution in [1.82, 2.24) is 14.5 Å². The van der Waals surface area contributed by atoms with Crippen LogP contribution in [0.1, 0.15) is 49.5 Å². The van der Waals surface area contributed by atoms with E-state index in [1.807, 2.05) is 13.8 Å². The van der Waals surface area contributed by atoms with Crippen LogP contribution >= 0.6 is 23.2 Å². The highest BCUT2D eigenvalue weighted by Crippen LogP contribution is 2.31. The quantitative estimate of drug-likeness (QED) is 0.520. The van der Waals surface area contributed by atoms with E-state index in [4.69, 9.17) is 23.2 Å². The van der Waals surface area contributed by atoms with E-state index >= 15 is 0 Å². The summed E-state index contributed by atoms with van der Waals surface area (Å²) in [6.45, 7) is 4.60. The number of nitrogens with zero attached hydrogens (tertiary/aromatic N) is 2. The third kappa shape index (κ3) is 5.47. The van der Waals surface area contributed by atoms with Crippen molar-refractivity contribution in [3.8, 4) is 0 Å². The number of carbonyl (C=O) groups is 3. The van der Waals surface area contributed by atoms with Crippen molar-refractivity contribution in [3.05, 3.63) is 63.6 Å². The molecule has 11 heteroatoms. The van der Waals surface area contributed by atoms with Crippen LogP contribution in [0.5, 0.6) is 0 Å². The fraction of sp³-hybridized carbons (Fsp3) is 0.375. The van der Waals surface area contributed by atoms with Crippen LogP contribution in [0.4, 0.5) is 0 Å². The number of fused-ring (bicyclic) bond motifs is 1. The summed E-state index contributed by atoms with van der Waals surface area (Å²) in [4.78, 5) is 40.6. The van der Waals surface area contributed by atoms with Gasteiger partial charge in [0, 0.05) is 28.2 Å². The first-order chi connectivity index (χ1) is 16.5. The Hall–Kier alpha value is -2.62. The molecule has 0 spiro atoms. The first kappa shape index (κ1) is 27.0. The Balaban J connectivity index is 1.97. The standard InChI is InChI=1S/C24H27Cl2N3O5S/c1-4-15(3)27-23(31)20(5-2)28(13-17-18(25)10-8-11-19(17)26)22(30)14-29-24(32)16-9-6-7-12-21(16)35(29,33)34/h6-12,15,20H,4-5,13-14H2,1-3H3,(H,27,31)/t15-,20-/m1/s1. The van der Waals surface area contributed by atoms with Crippen molar-refractivity contribution >= 4 is 50.9 Å². The van der Waals surface area contributed by atoms with E-state index in [0.29, 0.717) is 26.3 Å². The summed E-state index contributed by atoms with van der Waals surface area (Å²) in [6.07, 6.45) is 0.933. The summed E-state index contributed by atoms with van der Waals surface area (Å²) >= 11 is 12.7. The summed E-state index contributed by atoms with van der Waals surface area (Å²) in [5.74, 6) is -1.91. The van der Waals surface area contributed by atoms with Crippen molar-refractivity contribution < 1.29 is 22.8 Å². The van der Waals surface area contributed by atoms with Crippen LogP contribution in [0.25, 0.3) is 0 Å². The molecule has 0 radical (unpaired) electrons. The van der Waals surface area contributed by atoms with Gasteiger partial charge >= 0.3 is 0 Å². The van der Waals surface area contributed by atoms with Crippen LogP contribution in [0.15, 0.2) is 47.4 Å². The van der Waals surface area contributed by atoms with Crippen LogP contribution in [0.2, 0.25) is 10.0 Å². The molecule has 188 valence electrons. The number of hydrogen-bond acceptors (Lipinski definition) is 5. The Morgan fingerprint density at radius 3 is 2.23 bits per heavy atom. The zero-order valence-electron chi connectivity index (χ0n) is 19.6. The minimum Gasteiger partial charge on any atom is -0.352 e. The van der Waals surface area contributed by atoms with Crippen LogP contribution in [-0.2, 0) is 26.2 Å². The Kier molecular flexibility index (Phi) is 8.46. The molecule has 0 fully saturated rings. The molecular formula is C24H27Cl2N3O5S. The number of nitrogens with one attached hydrogen (secondary N) is 1. The molecule has 2 atom stereocenters. The number of rotatable bonds is 9. The average Bonchev–Trinajstić information content (AvgIpc) is 3.01. The molecule has 1 N–H and O–H groups in total. The lowest BCUT2D eigenvalue weighted by molar-refractivity contribution is -0.141. The van der Waals surface area contributed by atoms with Crippen LogP contribution in [0, 0.1) is 0 Å². The lowest BCUT2D eigenvalue weighted by atomic mass is 10.1. The summed E-state index contributed by atoms with van der Waals surface area (Å²) in [6, 6.07) is 9.58. The van der Waals surface area contributed by atoms with Gasteiger partial charge in [-0.25, -0.2) is 12.7 Å². The van der Waals surface area contributed by atoms with E-state index in [9.17, 15) is 22.8 Å². The molecule has 3 amide bonds. The zero-order valence-corrected chi connectivity index (χ0v) is 22.0. The monoisotopic (exact) mass is 539 g/mol. The van der Waals surface area contributed by atoms with Gasteiger partial charge < -0.3 is 10.2 Å². The van der Waals surface area contributed by atoms with E-state index < -0.39 is 40.3 Å². The highest BCUT2D eigenvalue weighted by atomic mass is 35.5. The molecule has 8 nitrogen and oxygen atoms in total. The molecular weight excluding hydrogens is 513 g/mol. The number of hydrogen-bond donors (Lipinski definition) is 1. The van der Waals surface area contributed by atoms with Gasteiger partial charge in [0.25, 0.3) is 15.9 Å². The molecule has 1 heterocycles. The third-order valence-corrected chi connectivity index (χ3v) is 8.46. The van der Waals surface area contributed by atoms with Gasteiger partial charge in [0.2, 0.25) is 11.8 Å². The van der Waals surface area contributed by atoms with Crippen molar-refractivity contribution in [3.63, 3.8) is 0 Å². The second kappa shape index (κ2) is 11.0. The van der Waals surface area contributed by atoms with Gasteiger partial charge in [-0.2, -0.15) is 0 Å². The lowest BCUT2D eigenvalue weighted by Crippen LogP contribution is -2.53. The smallest absolute Gasteiger partial charge is 0.269 e. The topological polar surface area (TPSA) is 104 Å². The first-order valence-electron chi connectivity index (χ1n) is 11.2. The molecule has 0 saturated carbocycles. The Bertz CT molecular complexity index is 1230. The number of benzene rings is 2. The lowest BCUT2D eigenvalue weighted by Gasteiger charge is -2.32. The molecule has 0 bridgehead atoms. The van der Waals surface area contributed by atoms with Gasteiger partial charge in [-0.3, -0.25) is 14.4 Å². The highest BCUT2D eigenvalue weighted by molar-refractivity contribution is 7.90. The molecule has 1 aliphatic heterocycles. The van der Waals surface area contributed by atoms with E-state index in [2.05, 4.69) is 5.32 Å². The van der Waals surface area contributed by atoms with Gasteiger partial charge in [0.1, 0.15) is 17.5 Å². The maximum absolute atomic E-state index is 13.6. The molecule has 3 rings (SSSR count). The first-order valence-corrected chi connectivity index (χ1v) is 13.4. The number of sulfonamides is 1. The maximum Gasteiger partial charge on any atom is 0.269 e. The molecule has 1 aliphatic rings. The predicted octanol–water partition coefficient (Wildman–Crippen LogP) is 3.86. The van der Waals surface area contributed by atoms with Gasteiger partial charge in [0.05, 0.1) is 5.56 Å². The summed E-state index contributed by atoms with van der Waals surface area (Å²) < 4.78 is 26.5. The van der Waals surface area contributed by atoms with Gasteiger partial charge in [0.15, 0.2) is 0 Å². The molecule has 0 aliphatic carbocycles. The molecule has 0 saturated heterocycles. The molecule has 35 heavy (non-hydrogen) atoms. The molecule has 2 aromatic rings. The Morgan fingerprint density at radius 2 is 1.66 bits per heavy atom. The number of carbonyl (C=O) groups excluding carboxylic acids is 3. The Labute approximate surface area is 215 Å². The second-order valence-corrected chi connectivity index (χ2v) is 10.9. The van der Waals surface area contributed by atoms with E-state index in [0.717, 1.165) is 0 Å². The van der Waals surface area contributed by atoms with Crippen molar-refractivity contribution in [2.75, 3.05) is 6.54 Å². The summed E-state index contributed by atoms with van der Waals surface area (Å²) in [5, 5.41) is 3.46. The largest absolute Gasteiger partial charge is 0.352 e. The van der Waals surface area contributed by atoms with Crippen molar-refractivity contribution in [2.24, 2.45) is 0 Å². The number of amides is 3. The minimum absolute atomic E-state index is 0.00236. The average molecular weight is 540 g/mol. The zero-order chi connectivity index (χ0) is 25.9. The Morgan fingerprint density at radius 1 is 1.03 bits per heavy atom. The fourth-order valence-electron chi connectivity index (χ4n) is 3.82. The van der Waals surface area contributed by atoms with Crippen molar-refractivity contribution in [2.45, 2.75) is 57.1 Å². The van der Waals surface area contributed by atoms with E-state index in [1.54, 1.807) is 31.2 Å². The second-order valence-electron chi connectivity index (χ2n) is 8.28. The maximum atomic E-state index is 13.6. The van der Waals surface area contributed by atoms with Crippen molar-refractivity contribution in [1.29, 1.82) is 0 Å². The predicted molar refractivity (Wildman–Crippen MR) is 134 cm³/mol. The van der Waals surface area contributed by atoms with Gasteiger partial charge in [-0.15, -0.1) is 0 Å². The van der Waals surface area contributed by atoms with Gasteiger partial charge in [-0.05, 0) is 44.0 Å².